The number of carbonyl (C=O) groups excluding carboxylic acids is 1. The van der Waals surface area contributed by atoms with Crippen molar-refractivity contribution < 1.29 is 15.0 Å². The number of allylic oxidation sites excluding steroid dienone is 1. The van der Waals surface area contributed by atoms with Gasteiger partial charge in [-0.05, 0) is 111 Å². The highest BCUT2D eigenvalue weighted by Crippen LogP contribution is 2.67. The minimum absolute atomic E-state index is 0.128. The van der Waals surface area contributed by atoms with E-state index in [1.165, 1.54) is 32.1 Å². The molecule has 0 radical (unpaired) electrons. The normalized spacial score (nSPS) is 43.4. The monoisotopic (exact) mass is 483 g/mol. The number of hydrogen-bond donors (Lipinski definition) is 2. The van der Waals surface area contributed by atoms with Crippen LogP contribution in [-0.2, 0) is 4.79 Å². The van der Waals surface area contributed by atoms with Gasteiger partial charge in [-0.25, -0.2) is 0 Å². The summed E-state index contributed by atoms with van der Waals surface area (Å²) in [6, 6.07) is 0. The second-order valence-corrected chi connectivity index (χ2v) is 13.6. The molecule has 0 spiro atoms. The van der Waals surface area contributed by atoms with Crippen LogP contribution in [-0.4, -0.2) is 45.8 Å². The molecule has 1 aliphatic heterocycles. The number of carbonyl (C=O) groups is 1. The van der Waals surface area contributed by atoms with E-state index in [9.17, 15) is 15.0 Å². The Morgan fingerprint density at radius 1 is 1.14 bits per heavy atom. The minimum atomic E-state index is -0.792. The molecule has 5 rings (SSSR count). The summed E-state index contributed by atoms with van der Waals surface area (Å²) >= 11 is 0. The number of rotatable bonds is 5. The molecule has 196 valence electrons. The molecule has 1 amide bonds. The number of aliphatic hydroxyl groups excluding tert-OH is 1. The molecule has 4 heteroatoms. The van der Waals surface area contributed by atoms with Crippen molar-refractivity contribution in [1.29, 1.82) is 0 Å². The molecule has 1 saturated heterocycles. The van der Waals surface area contributed by atoms with Crippen LogP contribution in [0.25, 0.3) is 0 Å². The Balaban J connectivity index is 1.20. The lowest BCUT2D eigenvalue weighted by Gasteiger charge is -2.58. The molecule has 0 aromatic heterocycles. The first-order valence-electron chi connectivity index (χ1n) is 14.6. The van der Waals surface area contributed by atoms with Crippen molar-refractivity contribution in [2.45, 2.75) is 110 Å². The summed E-state index contributed by atoms with van der Waals surface area (Å²) in [6.45, 7) is 12.6. The standard InChI is InChI=1S/C31H49NO3/c1-5-31(35)16-18-32(19-17-31)28(34)11-6-21(2)25-9-10-26-24-8-7-22-20-23(33)12-14-29(22,3)27(24)13-15-30(25,26)4/h5,7,21,23-27,33,35H,1,6,8-20H2,2-4H3/t21-,23+,24+,25-,26+,27+,29+,30-/m1/s1. The largest absolute Gasteiger partial charge is 0.393 e. The number of aliphatic hydroxyl groups is 2. The van der Waals surface area contributed by atoms with Gasteiger partial charge in [0, 0.05) is 19.5 Å². The van der Waals surface area contributed by atoms with Crippen LogP contribution < -0.4 is 0 Å². The topological polar surface area (TPSA) is 60.8 Å². The van der Waals surface area contributed by atoms with E-state index in [1.54, 1.807) is 11.6 Å². The van der Waals surface area contributed by atoms with E-state index in [0.717, 1.165) is 49.4 Å². The van der Waals surface area contributed by atoms with Crippen molar-refractivity contribution >= 4 is 5.91 Å². The molecule has 0 aromatic carbocycles. The first kappa shape index (κ1) is 25.5. The molecular formula is C31H49NO3. The van der Waals surface area contributed by atoms with Gasteiger partial charge in [-0.3, -0.25) is 4.79 Å². The van der Waals surface area contributed by atoms with Crippen molar-refractivity contribution in [3.8, 4) is 0 Å². The number of amides is 1. The zero-order valence-corrected chi connectivity index (χ0v) is 22.5. The molecule has 2 N–H and O–H groups in total. The molecule has 4 fully saturated rings. The summed E-state index contributed by atoms with van der Waals surface area (Å²) in [5, 5.41) is 20.7. The van der Waals surface area contributed by atoms with E-state index in [1.807, 2.05) is 4.90 Å². The predicted molar refractivity (Wildman–Crippen MR) is 141 cm³/mol. The van der Waals surface area contributed by atoms with Crippen molar-refractivity contribution in [1.82, 2.24) is 4.90 Å². The lowest BCUT2D eigenvalue weighted by molar-refractivity contribution is -0.134. The van der Waals surface area contributed by atoms with Crippen LogP contribution in [0.15, 0.2) is 24.3 Å². The Morgan fingerprint density at radius 3 is 2.60 bits per heavy atom. The SMILES string of the molecule is C=CC1(O)CCN(C(=O)CC[C@@H](C)[C@H]2CC[C@H]3[C@@H]4CC=C5C[C@@H](O)CC[C@]5(C)[C@H]4CC[C@]23C)CC1. The van der Waals surface area contributed by atoms with Crippen LogP contribution in [0, 0.1) is 40.4 Å². The van der Waals surface area contributed by atoms with E-state index >= 15 is 0 Å². The van der Waals surface area contributed by atoms with Gasteiger partial charge in [-0.15, -0.1) is 6.58 Å². The number of fused-ring (bicyclic) bond motifs is 5. The maximum atomic E-state index is 13.0. The van der Waals surface area contributed by atoms with E-state index in [4.69, 9.17) is 0 Å². The highest BCUT2D eigenvalue weighted by Gasteiger charge is 2.59. The van der Waals surface area contributed by atoms with E-state index < -0.39 is 5.60 Å². The average Bonchev–Trinajstić information content (AvgIpc) is 3.20. The smallest absolute Gasteiger partial charge is 0.222 e. The average molecular weight is 484 g/mol. The van der Waals surface area contributed by atoms with Crippen LogP contribution >= 0.6 is 0 Å². The summed E-state index contributed by atoms with van der Waals surface area (Å²) in [5.41, 5.74) is 1.49. The summed E-state index contributed by atoms with van der Waals surface area (Å²) in [7, 11) is 0. The number of hydrogen-bond acceptors (Lipinski definition) is 3. The third-order valence-corrected chi connectivity index (χ3v) is 12.0. The Bertz CT molecular complexity index is 857. The van der Waals surface area contributed by atoms with Crippen molar-refractivity contribution in [2.24, 2.45) is 40.4 Å². The fourth-order valence-corrected chi connectivity index (χ4v) is 9.67. The van der Waals surface area contributed by atoms with Gasteiger partial charge in [0.15, 0.2) is 0 Å². The van der Waals surface area contributed by atoms with Gasteiger partial charge in [-0.1, -0.05) is 38.5 Å². The fourth-order valence-electron chi connectivity index (χ4n) is 9.67. The minimum Gasteiger partial charge on any atom is -0.393 e. The van der Waals surface area contributed by atoms with Gasteiger partial charge in [0.05, 0.1) is 11.7 Å². The lowest BCUT2D eigenvalue weighted by atomic mass is 9.47. The van der Waals surface area contributed by atoms with Gasteiger partial charge >= 0.3 is 0 Å². The van der Waals surface area contributed by atoms with Gasteiger partial charge < -0.3 is 15.1 Å². The Kier molecular flexibility index (Phi) is 6.79. The highest BCUT2D eigenvalue weighted by molar-refractivity contribution is 5.76. The van der Waals surface area contributed by atoms with Crippen LogP contribution in [0.4, 0.5) is 0 Å². The van der Waals surface area contributed by atoms with Crippen LogP contribution in [0.5, 0.6) is 0 Å². The first-order chi connectivity index (χ1) is 16.6. The van der Waals surface area contributed by atoms with Crippen molar-refractivity contribution in [3.05, 3.63) is 24.3 Å². The highest BCUT2D eigenvalue weighted by atomic mass is 16.3. The molecule has 4 nitrogen and oxygen atoms in total. The van der Waals surface area contributed by atoms with E-state index in [2.05, 4.69) is 33.4 Å². The number of nitrogens with zero attached hydrogens (tertiary/aromatic N) is 1. The number of likely N-dealkylation sites (tertiary alicyclic amines) is 1. The molecule has 0 aromatic rings. The van der Waals surface area contributed by atoms with Crippen molar-refractivity contribution in [2.75, 3.05) is 13.1 Å². The molecule has 8 atom stereocenters. The third-order valence-electron chi connectivity index (χ3n) is 12.0. The molecule has 1 heterocycles. The quantitative estimate of drug-likeness (QED) is 0.480. The molecule has 0 unspecified atom stereocenters. The Labute approximate surface area is 213 Å². The molecule has 5 aliphatic rings. The predicted octanol–water partition coefficient (Wildman–Crippen LogP) is 5.88. The van der Waals surface area contributed by atoms with E-state index in [-0.39, 0.29) is 12.0 Å². The van der Waals surface area contributed by atoms with Gasteiger partial charge in [0.1, 0.15) is 0 Å². The zero-order valence-electron chi connectivity index (χ0n) is 22.5. The third kappa shape index (κ3) is 4.35. The second-order valence-electron chi connectivity index (χ2n) is 13.6. The zero-order chi connectivity index (χ0) is 25.0. The van der Waals surface area contributed by atoms with E-state index in [0.29, 0.717) is 49.1 Å². The van der Waals surface area contributed by atoms with Gasteiger partial charge in [-0.2, -0.15) is 0 Å². The first-order valence-corrected chi connectivity index (χ1v) is 14.6. The molecule has 4 aliphatic carbocycles. The van der Waals surface area contributed by atoms with Crippen molar-refractivity contribution in [3.63, 3.8) is 0 Å². The molecular weight excluding hydrogens is 434 g/mol. The second kappa shape index (κ2) is 9.31. The summed E-state index contributed by atoms with van der Waals surface area (Å²) in [4.78, 5) is 14.9. The maximum Gasteiger partial charge on any atom is 0.222 e. The molecule has 0 bridgehead atoms. The van der Waals surface area contributed by atoms with Crippen LogP contribution in [0.2, 0.25) is 0 Å². The van der Waals surface area contributed by atoms with Gasteiger partial charge in [0.2, 0.25) is 5.91 Å². The van der Waals surface area contributed by atoms with Gasteiger partial charge in [0.25, 0.3) is 0 Å². The summed E-state index contributed by atoms with van der Waals surface area (Å²) < 4.78 is 0. The number of piperidine rings is 1. The summed E-state index contributed by atoms with van der Waals surface area (Å²) in [6.07, 6.45) is 16.5. The molecule has 35 heavy (non-hydrogen) atoms. The van der Waals surface area contributed by atoms with Crippen LogP contribution in [0.1, 0.15) is 97.8 Å². The maximum absolute atomic E-state index is 13.0. The summed E-state index contributed by atoms with van der Waals surface area (Å²) in [5.74, 6) is 3.97. The molecule has 3 saturated carbocycles. The van der Waals surface area contributed by atoms with Crippen LogP contribution in [0.3, 0.4) is 0 Å². The fraction of sp³-hybridized carbons (Fsp3) is 0.839. The Hall–Kier alpha value is -1.13. The Morgan fingerprint density at radius 2 is 1.89 bits per heavy atom. The lowest BCUT2D eigenvalue weighted by Crippen LogP contribution is -2.50.